The number of urea groups is 1. The Morgan fingerprint density at radius 1 is 1.35 bits per heavy atom. The fourth-order valence-electron chi connectivity index (χ4n) is 2.11. The van der Waals surface area contributed by atoms with E-state index < -0.39 is 5.60 Å². The molecule has 0 atom stereocenters. The Hall–Kier alpha value is -1.11. The summed E-state index contributed by atoms with van der Waals surface area (Å²) in [6.07, 6.45) is 2.15. The van der Waals surface area contributed by atoms with Gasteiger partial charge in [0, 0.05) is 42.4 Å². The molecule has 112 valence electrons. The van der Waals surface area contributed by atoms with Crippen molar-refractivity contribution in [1.82, 2.24) is 10.6 Å². The van der Waals surface area contributed by atoms with Crippen LogP contribution in [0.4, 0.5) is 4.79 Å². The van der Waals surface area contributed by atoms with Gasteiger partial charge in [0.1, 0.15) is 0 Å². The summed E-state index contributed by atoms with van der Waals surface area (Å²) in [6, 6.07) is 3.89. The van der Waals surface area contributed by atoms with Crippen molar-refractivity contribution in [3.63, 3.8) is 0 Å². The van der Waals surface area contributed by atoms with Gasteiger partial charge in [-0.25, -0.2) is 4.79 Å². The van der Waals surface area contributed by atoms with Crippen LogP contribution in [0.15, 0.2) is 12.1 Å². The summed E-state index contributed by atoms with van der Waals surface area (Å²) in [5, 5.41) is 15.8. The molecule has 6 heteroatoms. The number of amides is 2. The van der Waals surface area contributed by atoms with Crippen LogP contribution in [0.3, 0.4) is 0 Å². The predicted octanol–water partition coefficient (Wildman–Crippen LogP) is 1.65. The molecule has 1 fully saturated rings. The van der Waals surface area contributed by atoms with E-state index in [-0.39, 0.29) is 12.6 Å². The van der Waals surface area contributed by atoms with Crippen LogP contribution in [0.5, 0.6) is 0 Å². The molecule has 2 rings (SSSR count). The summed E-state index contributed by atoms with van der Waals surface area (Å²) in [5.41, 5.74) is -0.825. The third kappa shape index (κ3) is 4.47. The van der Waals surface area contributed by atoms with Crippen molar-refractivity contribution in [2.24, 2.45) is 0 Å². The highest BCUT2D eigenvalue weighted by Gasteiger charge is 2.29. The van der Waals surface area contributed by atoms with Gasteiger partial charge < -0.3 is 20.5 Å². The lowest BCUT2D eigenvalue weighted by Gasteiger charge is -2.32. The predicted molar refractivity (Wildman–Crippen MR) is 78.9 cm³/mol. The molecule has 1 saturated heterocycles. The Labute approximate surface area is 123 Å². The maximum Gasteiger partial charge on any atom is 0.315 e. The first-order valence-corrected chi connectivity index (χ1v) is 7.82. The van der Waals surface area contributed by atoms with Gasteiger partial charge >= 0.3 is 6.03 Å². The number of carbonyl (C=O) groups is 1. The average molecular weight is 298 g/mol. The number of ether oxygens (including phenoxy) is 1. The van der Waals surface area contributed by atoms with Crippen molar-refractivity contribution < 1.29 is 14.6 Å². The molecule has 0 aromatic carbocycles. The molecule has 0 saturated carbocycles. The van der Waals surface area contributed by atoms with Gasteiger partial charge in [-0.3, -0.25) is 0 Å². The SMILES string of the molecule is CCc1ccc(CNC(=O)NCC2(O)CCOCC2)s1. The van der Waals surface area contributed by atoms with Gasteiger partial charge in [0.05, 0.1) is 12.1 Å². The van der Waals surface area contributed by atoms with Gasteiger partial charge in [0.25, 0.3) is 0 Å². The summed E-state index contributed by atoms with van der Waals surface area (Å²) < 4.78 is 5.20. The highest BCUT2D eigenvalue weighted by atomic mass is 32.1. The molecule has 20 heavy (non-hydrogen) atoms. The number of thiophene rings is 1. The van der Waals surface area contributed by atoms with Crippen LogP contribution in [0.25, 0.3) is 0 Å². The Morgan fingerprint density at radius 2 is 2.05 bits per heavy atom. The fourth-order valence-corrected chi connectivity index (χ4v) is 3.01. The lowest BCUT2D eigenvalue weighted by molar-refractivity contribution is -0.0600. The van der Waals surface area contributed by atoms with Crippen molar-refractivity contribution in [1.29, 1.82) is 0 Å². The lowest BCUT2D eigenvalue weighted by atomic mass is 9.94. The summed E-state index contributed by atoms with van der Waals surface area (Å²) in [4.78, 5) is 14.2. The van der Waals surface area contributed by atoms with Crippen molar-refractivity contribution in [3.05, 3.63) is 21.9 Å². The van der Waals surface area contributed by atoms with E-state index in [9.17, 15) is 9.90 Å². The minimum absolute atomic E-state index is 0.239. The molecule has 3 N–H and O–H groups in total. The first kappa shape index (κ1) is 15.3. The molecule has 0 bridgehead atoms. The molecular weight excluding hydrogens is 276 g/mol. The monoisotopic (exact) mass is 298 g/mol. The van der Waals surface area contributed by atoms with E-state index in [0.717, 1.165) is 11.3 Å². The molecule has 1 aliphatic rings. The highest BCUT2D eigenvalue weighted by Crippen LogP contribution is 2.19. The van der Waals surface area contributed by atoms with Crippen LogP contribution < -0.4 is 10.6 Å². The number of carbonyl (C=O) groups excluding carboxylic acids is 1. The summed E-state index contributed by atoms with van der Waals surface area (Å²) in [6.45, 7) is 4.01. The van der Waals surface area contributed by atoms with E-state index in [1.54, 1.807) is 11.3 Å². The lowest BCUT2D eigenvalue weighted by Crippen LogP contribution is -2.48. The quantitative estimate of drug-likeness (QED) is 0.774. The van der Waals surface area contributed by atoms with E-state index in [1.807, 2.05) is 6.07 Å². The second-order valence-electron chi connectivity index (χ2n) is 5.09. The fraction of sp³-hybridized carbons (Fsp3) is 0.643. The van der Waals surface area contributed by atoms with Crippen LogP contribution in [0.2, 0.25) is 0 Å². The van der Waals surface area contributed by atoms with Crippen molar-refractivity contribution in [3.8, 4) is 0 Å². The maximum absolute atomic E-state index is 11.7. The summed E-state index contributed by atoms with van der Waals surface area (Å²) in [7, 11) is 0. The number of aryl methyl sites for hydroxylation is 1. The Bertz CT molecular complexity index is 441. The summed E-state index contributed by atoms with van der Waals surface area (Å²) in [5.74, 6) is 0. The second-order valence-corrected chi connectivity index (χ2v) is 6.35. The first-order chi connectivity index (χ1) is 9.61. The second kappa shape index (κ2) is 7.06. The van der Waals surface area contributed by atoms with Gasteiger partial charge in [-0.1, -0.05) is 6.92 Å². The zero-order chi connectivity index (χ0) is 14.4. The third-order valence-corrected chi connectivity index (χ3v) is 4.72. The maximum atomic E-state index is 11.7. The molecule has 0 radical (unpaired) electrons. The van der Waals surface area contributed by atoms with E-state index in [4.69, 9.17) is 4.74 Å². The number of hydrogen-bond donors (Lipinski definition) is 3. The molecular formula is C14H22N2O3S. The largest absolute Gasteiger partial charge is 0.388 e. The van der Waals surface area contributed by atoms with Crippen LogP contribution in [0, 0.1) is 0 Å². The van der Waals surface area contributed by atoms with E-state index in [2.05, 4.69) is 23.6 Å². The molecule has 2 heterocycles. The molecule has 1 aromatic heterocycles. The number of nitrogens with one attached hydrogen (secondary N) is 2. The van der Waals surface area contributed by atoms with E-state index >= 15 is 0 Å². The van der Waals surface area contributed by atoms with Crippen molar-refractivity contribution in [2.75, 3.05) is 19.8 Å². The van der Waals surface area contributed by atoms with Gasteiger partial charge in [0.2, 0.25) is 0 Å². The molecule has 2 amide bonds. The van der Waals surface area contributed by atoms with Crippen LogP contribution >= 0.6 is 11.3 Å². The first-order valence-electron chi connectivity index (χ1n) is 7.01. The zero-order valence-corrected chi connectivity index (χ0v) is 12.6. The number of aliphatic hydroxyl groups is 1. The minimum atomic E-state index is -0.825. The minimum Gasteiger partial charge on any atom is -0.388 e. The van der Waals surface area contributed by atoms with Gasteiger partial charge in [-0.15, -0.1) is 11.3 Å². The van der Waals surface area contributed by atoms with Crippen LogP contribution in [0.1, 0.15) is 29.5 Å². The Kier molecular flexibility index (Phi) is 5.39. The van der Waals surface area contributed by atoms with Crippen LogP contribution in [-0.4, -0.2) is 36.5 Å². The summed E-state index contributed by atoms with van der Waals surface area (Å²) >= 11 is 1.71. The Balaban J connectivity index is 1.69. The highest BCUT2D eigenvalue weighted by molar-refractivity contribution is 7.11. The van der Waals surface area contributed by atoms with Gasteiger partial charge in [-0.2, -0.15) is 0 Å². The molecule has 0 spiro atoms. The topological polar surface area (TPSA) is 70.6 Å². The Morgan fingerprint density at radius 3 is 2.70 bits per heavy atom. The zero-order valence-electron chi connectivity index (χ0n) is 11.8. The smallest absolute Gasteiger partial charge is 0.315 e. The van der Waals surface area contributed by atoms with Crippen LogP contribution in [-0.2, 0) is 17.7 Å². The van der Waals surface area contributed by atoms with Gasteiger partial charge in [0.15, 0.2) is 0 Å². The number of hydrogen-bond acceptors (Lipinski definition) is 4. The van der Waals surface area contributed by atoms with Gasteiger partial charge in [-0.05, 0) is 18.6 Å². The van der Waals surface area contributed by atoms with E-state index in [1.165, 1.54) is 4.88 Å². The normalized spacial score (nSPS) is 17.7. The molecule has 0 unspecified atom stereocenters. The third-order valence-electron chi connectivity index (χ3n) is 3.49. The molecule has 1 aliphatic heterocycles. The molecule has 5 nitrogen and oxygen atoms in total. The average Bonchev–Trinajstić information content (AvgIpc) is 2.92. The molecule has 1 aromatic rings. The van der Waals surface area contributed by atoms with E-state index in [0.29, 0.717) is 32.6 Å². The number of rotatable bonds is 5. The van der Waals surface area contributed by atoms with Crippen molar-refractivity contribution in [2.45, 2.75) is 38.3 Å². The van der Waals surface area contributed by atoms with Crippen molar-refractivity contribution >= 4 is 17.4 Å². The molecule has 0 aliphatic carbocycles. The standard InChI is InChI=1S/C14H22N2O3S/c1-2-11-3-4-12(20-11)9-15-13(17)16-10-14(18)5-7-19-8-6-14/h3-4,18H,2,5-10H2,1H3,(H2,15,16,17).